The van der Waals surface area contributed by atoms with E-state index < -0.39 is 43.4 Å². The smallest absolute Gasteiger partial charge is 0.475 e. The molecule has 0 spiro atoms. The van der Waals surface area contributed by atoms with Crippen molar-refractivity contribution in [3.8, 4) is 5.88 Å². The Labute approximate surface area is 239 Å². The highest BCUT2D eigenvalue weighted by atomic mass is 32.2. The maximum absolute atomic E-state index is 16.2. The van der Waals surface area contributed by atoms with E-state index in [0.29, 0.717) is 6.42 Å². The van der Waals surface area contributed by atoms with Crippen molar-refractivity contribution in [3.63, 3.8) is 0 Å². The molecule has 2 fully saturated rings. The zero-order chi connectivity index (χ0) is 30.0. The highest BCUT2D eigenvalue weighted by molar-refractivity contribution is 8.13. The lowest BCUT2D eigenvalue weighted by Crippen LogP contribution is -2.44. The molecule has 2 aliphatic rings. The molecule has 2 saturated heterocycles. The van der Waals surface area contributed by atoms with Crippen LogP contribution in [0.25, 0.3) is 11.2 Å². The van der Waals surface area contributed by atoms with Crippen molar-refractivity contribution < 1.29 is 46.3 Å². The fraction of sp³-hybridized carbons (Fsp3) is 0.696. The van der Waals surface area contributed by atoms with E-state index in [4.69, 9.17) is 33.5 Å². The molecule has 4 rings (SSSR count). The van der Waals surface area contributed by atoms with Gasteiger partial charge in [-0.2, -0.15) is 9.97 Å². The molecule has 3 N–H and O–H groups in total. The van der Waals surface area contributed by atoms with E-state index in [2.05, 4.69) is 20.3 Å². The summed E-state index contributed by atoms with van der Waals surface area (Å²) >= 11 is 0.981. The van der Waals surface area contributed by atoms with Gasteiger partial charge in [0.05, 0.1) is 33.3 Å². The first kappa shape index (κ1) is 31.4. The van der Waals surface area contributed by atoms with Crippen molar-refractivity contribution in [2.24, 2.45) is 5.41 Å². The Morgan fingerprint density at radius 3 is 2.85 bits per heavy atom. The molecule has 2 aromatic rings. The number of nitrogens with zero attached hydrogens (tertiary/aromatic N) is 4. The van der Waals surface area contributed by atoms with E-state index in [1.165, 1.54) is 24.9 Å². The zero-order valence-corrected chi connectivity index (χ0v) is 25.0. The number of halogens is 1. The normalized spacial score (nSPS) is 27.9. The zero-order valence-electron chi connectivity index (χ0n) is 23.3. The van der Waals surface area contributed by atoms with Crippen molar-refractivity contribution in [1.29, 1.82) is 0 Å². The number of hydrogen-bond donors (Lipinski definition) is 2. The average molecular weight is 621 g/mol. The van der Waals surface area contributed by atoms with Crippen LogP contribution < -0.4 is 15.8 Å². The third kappa shape index (κ3) is 6.75. The number of phosphoric acid groups is 1. The molecule has 2 aromatic heterocycles. The molecule has 0 radical (unpaired) electrons. The number of amides is 1. The first-order valence-corrected chi connectivity index (χ1v) is 15.3. The second-order valence-electron chi connectivity index (χ2n) is 10.1. The van der Waals surface area contributed by atoms with Crippen LogP contribution >= 0.6 is 19.6 Å². The van der Waals surface area contributed by atoms with E-state index >= 15 is 4.39 Å². The van der Waals surface area contributed by atoms with Crippen molar-refractivity contribution in [2.75, 3.05) is 45.0 Å². The maximum Gasteiger partial charge on any atom is 0.475 e. The third-order valence-electron chi connectivity index (χ3n) is 6.59. The minimum Gasteiger partial charge on any atom is -0.479 e. The maximum atomic E-state index is 16.2. The highest BCUT2D eigenvalue weighted by Crippen LogP contribution is 2.59. The lowest BCUT2D eigenvalue weighted by molar-refractivity contribution is -0.118. The number of phosphoric ester groups is 1. The summed E-state index contributed by atoms with van der Waals surface area (Å²) in [6.45, 7) is 6.57. The predicted octanol–water partition coefficient (Wildman–Crippen LogP) is 3.00. The topological polar surface area (TPSA) is 188 Å². The monoisotopic (exact) mass is 620 g/mol. The van der Waals surface area contributed by atoms with Crippen LogP contribution in [0.1, 0.15) is 40.3 Å². The van der Waals surface area contributed by atoms with Gasteiger partial charge >= 0.3 is 13.9 Å². The Hall–Kier alpha value is -2.56. The lowest BCUT2D eigenvalue weighted by atomic mass is 9.91. The van der Waals surface area contributed by atoms with Gasteiger partial charge in [0.25, 0.3) is 0 Å². The Balaban J connectivity index is 1.33. The first-order chi connectivity index (χ1) is 19.3. The highest BCUT2D eigenvalue weighted by Gasteiger charge is 2.61. The molecule has 0 bridgehead atoms. The van der Waals surface area contributed by atoms with Crippen molar-refractivity contribution >= 4 is 47.9 Å². The fourth-order valence-electron chi connectivity index (χ4n) is 4.37. The number of thioether (sulfide) groups is 1. The molecule has 5 atom stereocenters. The van der Waals surface area contributed by atoms with E-state index in [-0.39, 0.29) is 60.2 Å². The number of rotatable bonds is 11. The van der Waals surface area contributed by atoms with Gasteiger partial charge in [0, 0.05) is 17.7 Å². The van der Waals surface area contributed by atoms with E-state index in [1.54, 1.807) is 20.8 Å². The number of ether oxygens (including phenoxy) is 3. The predicted molar refractivity (Wildman–Crippen MR) is 145 cm³/mol. The Kier molecular flexibility index (Phi) is 9.45. The van der Waals surface area contributed by atoms with Crippen LogP contribution in [0, 0.1) is 5.41 Å². The number of carbonyl (C=O) groups excluding carboxylic acids is 2. The number of alkyl halides is 1. The summed E-state index contributed by atoms with van der Waals surface area (Å²) in [5.74, 6) is 0.166. The summed E-state index contributed by atoms with van der Waals surface area (Å²) < 4.78 is 62.9. The van der Waals surface area contributed by atoms with Gasteiger partial charge in [-0.05, 0) is 20.3 Å². The van der Waals surface area contributed by atoms with Crippen molar-refractivity contribution in [2.45, 2.75) is 58.2 Å². The molecule has 2 aliphatic heterocycles. The van der Waals surface area contributed by atoms with Crippen LogP contribution in [0.3, 0.4) is 0 Å². The van der Waals surface area contributed by atoms with Gasteiger partial charge in [-0.3, -0.25) is 22.9 Å². The van der Waals surface area contributed by atoms with Gasteiger partial charge in [0.1, 0.15) is 12.2 Å². The number of nitrogens with two attached hydrogens (primary N) is 1. The first-order valence-electron chi connectivity index (χ1n) is 12.8. The number of aromatic nitrogens is 4. The minimum absolute atomic E-state index is 0.0994. The van der Waals surface area contributed by atoms with Crippen LogP contribution in [-0.2, 0) is 32.4 Å². The molecule has 228 valence electrons. The number of alkyl carbamates (subject to hydrolysis) is 1. The van der Waals surface area contributed by atoms with Gasteiger partial charge in [0.2, 0.25) is 11.8 Å². The molecule has 1 unspecified atom stereocenters. The molecule has 0 aromatic carbocycles. The van der Waals surface area contributed by atoms with Gasteiger partial charge in [0.15, 0.2) is 28.2 Å². The summed E-state index contributed by atoms with van der Waals surface area (Å²) in [7, 11) is -2.77. The molecule has 0 saturated carbocycles. The van der Waals surface area contributed by atoms with Gasteiger partial charge in [-0.1, -0.05) is 25.6 Å². The number of anilines is 1. The summed E-state index contributed by atoms with van der Waals surface area (Å²) in [6.07, 6.45) is -2.31. The summed E-state index contributed by atoms with van der Waals surface area (Å²) in [4.78, 5) is 36.4. The van der Waals surface area contributed by atoms with Gasteiger partial charge in [-0.25, -0.2) is 18.7 Å². The second-order valence-corrected chi connectivity index (χ2v) is 12.8. The minimum atomic E-state index is -4.17. The van der Waals surface area contributed by atoms with Crippen LogP contribution in [0.2, 0.25) is 0 Å². The molecule has 15 nitrogen and oxygen atoms in total. The Bertz CT molecular complexity index is 1330. The fourth-order valence-corrected chi connectivity index (χ4v) is 6.80. The molecular weight excluding hydrogens is 586 g/mol. The van der Waals surface area contributed by atoms with Crippen molar-refractivity contribution in [1.82, 2.24) is 24.8 Å². The quantitative estimate of drug-likeness (QED) is 0.275. The average Bonchev–Trinajstić information content (AvgIpc) is 3.43. The molecule has 0 aliphatic carbocycles. The lowest BCUT2D eigenvalue weighted by Gasteiger charge is -2.33. The number of hydrogen-bond acceptors (Lipinski definition) is 14. The number of carbonyl (C=O) groups is 2. The van der Waals surface area contributed by atoms with E-state index in [1.807, 2.05) is 0 Å². The van der Waals surface area contributed by atoms with Crippen LogP contribution in [0.4, 0.5) is 15.1 Å². The van der Waals surface area contributed by atoms with Crippen LogP contribution in [-0.4, -0.2) is 87.8 Å². The number of nitrogens with one attached hydrogen (secondary N) is 1. The summed E-state index contributed by atoms with van der Waals surface area (Å²) in [5, 5.41) is 2.44. The Morgan fingerprint density at radius 1 is 1.39 bits per heavy atom. The summed E-state index contributed by atoms with van der Waals surface area (Å²) in [5.41, 5.74) is 3.26. The largest absolute Gasteiger partial charge is 0.479 e. The summed E-state index contributed by atoms with van der Waals surface area (Å²) in [6, 6.07) is 0. The number of imidazole rings is 1. The Morgan fingerprint density at radius 2 is 2.15 bits per heavy atom. The van der Waals surface area contributed by atoms with Crippen LogP contribution in [0.15, 0.2) is 6.33 Å². The SMILES string of the molecule is CCOC(=O)NCCC(C)(C)C(=O)SCCOP1(=O)OC[C@H]2O[C@@H](n3cnc4c(OC)nc(N)nc43)[C@](C)(F)[C@@H]2O1. The number of fused-ring (bicyclic) bond motifs is 2. The number of methoxy groups -OCH3 is 1. The van der Waals surface area contributed by atoms with E-state index in [0.717, 1.165) is 11.8 Å². The standard InChI is InChI=1S/C23H34FN6O9PS/c1-6-35-21(32)26-8-7-22(2,3)19(31)41-10-9-36-40(33)37-11-13-15(39-40)23(4,24)18(38-13)30-12-27-14-16(30)28-20(25)29-17(14)34-5/h12-13,15,18H,6-11H2,1-5H3,(H,26,32)(H2,25,28,29)/t13-,15-,18-,23-,40?/m1/s1. The molecule has 18 heteroatoms. The van der Waals surface area contributed by atoms with E-state index in [9.17, 15) is 14.2 Å². The molecule has 41 heavy (non-hydrogen) atoms. The molecule has 1 amide bonds. The van der Waals surface area contributed by atoms with Gasteiger partial charge < -0.3 is 25.3 Å². The second kappa shape index (κ2) is 12.4. The van der Waals surface area contributed by atoms with Crippen molar-refractivity contribution in [3.05, 3.63) is 6.33 Å². The van der Waals surface area contributed by atoms with Crippen LogP contribution in [0.5, 0.6) is 5.88 Å². The molecular formula is C23H34FN6O9PS. The third-order valence-corrected chi connectivity index (χ3v) is 9.22. The number of nitrogen functional groups attached to an aromatic ring is 1. The van der Waals surface area contributed by atoms with Gasteiger partial charge in [-0.15, -0.1) is 0 Å². The molecule has 4 heterocycles.